The van der Waals surface area contributed by atoms with Crippen molar-refractivity contribution in [3.05, 3.63) is 86.9 Å². The normalized spacial score (nSPS) is 11.3. The van der Waals surface area contributed by atoms with E-state index in [2.05, 4.69) is 28.7 Å². The second-order valence-corrected chi connectivity index (χ2v) is 8.35. The van der Waals surface area contributed by atoms with E-state index < -0.39 is 10.7 Å². The van der Waals surface area contributed by atoms with Crippen LogP contribution in [0.4, 0.5) is 11.4 Å². The number of anilines is 1. The molecule has 0 saturated carbocycles. The number of non-ortho nitro benzene ring substituents is 1. The lowest BCUT2D eigenvalue weighted by atomic mass is 10.1. The fourth-order valence-corrected chi connectivity index (χ4v) is 3.90. The van der Waals surface area contributed by atoms with Crippen molar-refractivity contribution in [2.24, 2.45) is 0 Å². The first-order valence-corrected chi connectivity index (χ1v) is 11.0. The lowest BCUT2D eigenvalue weighted by Gasteiger charge is -2.12. The van der Waals surface area contributed by atoms with Gasteiger partial charge in [0.1, 0.15) is 5.82 Å². The van der Waals surface area contributed by atoms with Crippen molar-refractivity contribution in [3.63, 3.8) is 0 Å². The number of oxazole rings is 1. The third-order valence-corrected chi connectivity index (χ3v) is 5.48. The molecule has 0 aliphatic rings. The number of imidazole rings is 1. The predicted molar refractivity (Wildman–Crippen MR) is 127 cm³/mol. The van der Waals surface area contributed by atoms with Crippen LogP contribution in [0.25, 0.3) is 11.1 Å². The summed E-state index contributed by atoms with van der Waals surface area (Å²) in [7, 11) is 0. The molecule has 4 aromatic rings. The molecule has 0 atom stereocenters. The van der Waals surface area contributed by atoms with Crippen LogP contribution in [-0.2, 0) is 17.9 Å². The van der Waals surface area contributed by atoms with Gasteiger partial charge in [0.05, 0.1) is 16.5 Å². The van der Waals surface area contributed by atoms with Gasteiger partial charge in [0, 0.05) is 49.6 Å². The molecule has 2 aromatic heterocycles. The van der Waals surface area contributed by atoms with Crippen LogP contribution >= 0.6 is 0 Å². The number of nitro groups is 1. The number of aromatic nitrogens is 3. The van der Waals surface area contributed by atoms with Gasteiger partial charge in [0.15, 0.2) is 5.58 Å². The van der Waals surface area contributed by atoms with E-state index >= 15 is 0 Å². The Morgan fingerprint density at radius 3 is 2.82 bits per heavy atom. The summed E-state index contributed by atoms with van der Waals surface area (Å²) in [6.07, 6.45) is 4.34. The van der Waals surface area contributed by atoms with Gasteiger partial charge < -0.3 is 14.3 Å². The summed E-state index contributed by atoms with van der Waals surface area (Å²) >= 11 is 0. The summed E-state index contributed by atoms with van der Waals surface area (Å²) in [5.74, 6) is 0.543. The van der Waals surface area contributed by atoms with E-state index in [0.29, 0.717) is 30.1 Å². The average molecular weight is 463 g/mol. The van der Waals surface area contributed by atoms with Gasteiger partial charge in [-0.3, -0.25) is 19.5 Å². The zero-order valence-electron chi connectivity index (χ0n) is 18.9. The highest BCUT2D eigenvalue weighted by molar-refractivity contribution is 5.90. The monoisotopic (exact) mass is 463 g/mol. The Hall–Kier alpha value is -4.21. The van der Waals surface area contributed by atoms with Gasteiger partial charge in [0.25, 0.3) is 5.69 Å². The number of nitrogens with one attached hydrogen (secondary N) is 1. The average Bonchev–Trinajstić information content (AvgIpc) is 3.37. The number of hydrogen-bond acceptors (Lipinski definition) is 6. The highest BCUT2D eigenvalue weighted by Crippen LogP contribution is 2.21. The van der Waals surface area contributed by atoms with Crippen molar-refractivity contribution in [1.82, 2.24) is 14.1 Å². The van der Waals surface area contributed by atoms with E-state index in [1.165, 1.54) is 22.8 Å². The van der Waals surface area contributed by atoms with Crippen LogP contribution in [0.3, 0.4) is 0 Å². The Balaban J connectivity index is 1.35. The van der Waals surface area contributed by atoms with Gasteiger partial charge in [-0.2, -0.15) is 0 Å². The Morgan fingerprint density at radius 2 is 2.06 bits per heavy atom. The number of carbonyl (C=O) groups is 1. The van der Waals surface area contributed by atoms with Crippen LogP contribution < -0.4 is 11.1 Å². The lowest BCUT2D eigenvalue weighted by molar-refractivity contribution is -0.384. The van der Waals surface area contributed by atoms with Crippen molar-refractivity contribution in [3.8, 4) is 0 Å². The predicted octanol–water partition coefficient (Wildman–Crippen LogP) is 4.29. The molecule has 1 N–H and O–H groups in total. The molecule has 176 valence electrons. The first-order chi connectivity index (χ1) is 16.3. The Bertz CT molecular complexity index is 1400. The molecule has 1 amide bonds. The number of carbonyl (C=O) groups excluding carboxylic acids is 1. The SMILES string of the molecule is CC(C)c1nccn1Cc1cccc(NC(=O)CCCn2c(=O)oc3cc([N+](=O)[O-])ccc32)c1. The highest BCUT2D eigenvalue weighted by atomic mass is 16.6. The van der Waals surface area contributed by atoms with Crippen molar-refractivity contribution in [1.29, 1.82) is 0 Å². The minimum Gasteiger partial charge on any atom is -0.407 e. The van der Waals surface area contributed by atoms with E-state index in [-0.39, 0.29) is 30.1 Å². The number of hydrogen-bond donors (Lipinski definition) is 1. The molecule has 0 unspecified atom stereocenters. The van der Waals surface area contributed by atoms with Gasteiger partial charge in [-0.15, -0.1) is 0 Å². The van der Waals surface area contributed by atoms with Gasteiger partial charge in [-0.25, -0.2) is 9.78 Å². The highest BCUT2D eigenvalue weighted by Gasteiger charge is 2.14. The molecule has 0 aliphatic carbocycles. The van der Waals surface area contributed by atoms with Gasteiger partial charge in [-0.05, 0) is 30.2 Å². The number of amides is 1. The summed E-state index contributed by atoms with van der Waals surface area (Å²) in [6, 6.07) is 11.7. The lowest BCUT2D eigenvalue weighted by Crippen LogP contribution is -2.17. The molecule has 0 fully saturated rings. The molecule has 2 heterocycles. The number of rotatable bonds is 9. The van der Waals surface area contributed by atoms with E-state index in [9.17, 15) is 19.7 Å². The van der Waals surface area contributed by atoms with Gasteiger partial charge in [0.2, 0.25) is 5.91 Å². The molecule has 0 saturated heterocycles. The number of nitrogens with zero attached hydrogens (tertiary/aromatic N) is 4. The van der Waals surface area contributed by atoms with Crippen molar-refractivity contribution in [2.75, 3.05) is 5.32 Å². The molecule has 0 aliphatic heterocycles. The minimum atomic E-state index is -0.608. The maximum Gasteiger partial charge on any atom is 0.419 e. The maximum atomic E-state index is 12.5. The molecule has 10 heteroatoms. The van der Waals surface area contributed by atoms with Crippen molar-refractivity contribution in [2.45, 2.75) is 45.7 Å². The summed E-state index contributed by atoms with van der Waals surface area (Å²) in [6.45, 7) is 5.11. The first kappa shape index (κ1) is 23.0. The number of fused-ring (bicyclic) bond motifs is 1. The molecule has 2 aromatic carbocycles. The zero-order chi connectivity index (χ0) is 24.2. The Kier molecular flexibility index (Phi) is 6.58. The maximum absolute atomic E-state index is 12.5. The fourth-order valence-electron chi connectivity index (χ4n) is 3.90. The van der Waals surface area contributed by atoms with Crippen LogP contribution in [0.15, 0.2) is 64.1 Å². The Morgan fingerprint density at radius 1 is 1.24 bits per heavy atom. The van der Waals surface area contributed by atoms with E-state index in [1.807, 2.05) is 30.5 Å². The van der Waals surface area contributed by atoms with E-state index in [0.717, 1.165) is 11.4 Å². The second kappa shape index (κ2) is 9.74. The van der Waals surface area contributed by atoms with Crippen molar-refractivity contribution < 1.29 is 14.1 Å². The molecular weight excluding hydrogens is 438 g/mol. The Labute approximate surface area is 195 Å². The topological polar surface area (TPSA) is 125 Å². The van der Waals surface area contributed by atoms with Crippen molar-refractivity contribution >= 4 is 28.4 Å². The van der Waals surface area contributed by atoms with Crippen LogP contribution in [0, 0.1) is 10.1 Å². The fraction of sp³-hybridized carbons (Fsp3) is 0.292. The first-order valence-electron chi connectivity index (χ1n) is 11.0. The van der Waals surface area contributed by atoms with Gasteiger partial charge >= 0.3 is 5.76 Å². The minimum absolute atomic E-state index is 0.150. The quantitative estimate of drug-likeness (QED) is 0.292. The molecular formula is C24H25N5O5. The third-order valence-electron chi connectivity index (χ3n) is 5.48. The standard InChI is InChI=1S/C24H25N5O5/c1-16(2)23-25-10-12-27(23)15-17-5-3-6-18(13-17)26-22(30)7-4-11-28-20-9-8-19(29(32)33)14-21(20)34-24(28)31/h3,5-6,8-10,12-14,16H,4,7,11,15H2,1-2H3,(H,26,30). The van der Waals surface area contributed by atoms with Crippen LogP contribution in [0.2, 0.25) is 0 Å². The van der Waals surface area contributed by atoms with E-state index in [1.54, 1.807) is 6.20 Å². The van der Waals surface area contributed by atoms with E-state index in [4.69, 9.17) is 4.42 Å². The smallest absolute Gasteiger partial charge is 0.407 e. The summed E-state index contributed by atoms with van der Waals surface area (Å²) < 4.78 is 8.59. The molecule has 34 heavy (non-hydrogen) atoms. The molecule has 0 radical (unpaired) electrons. The summed E-state index contributed by atoms with van der Waals surface area (Å²) in [5.41, 5.74) is 2.21. The number of benzene rings is 2. The summed E-state index contributed by atoms with van der Waals surface area (Å²) in [5, 5.41) is 13.8. The molecule has 0 spiro atoms. The number of nitro benzene ring substituents is 1. The largest absolute Gasteiger partial charge is 0.419 e. The zero-order valence-corrected chi connectivity index (χ0v) is 18.9. The molecule has 10 nitrogen and oxygen atoms in total. The molecule has 0 bridgehead atoms. The van der Waals surface area contributed by atoms with Gasteiger partial charge in [-0.1, -0.05) is 26.0 Å². The summed E-state index contributed by atoms with van der Waals surface area (Å²) in [4.78, 5) is 39.4. The third kappa shape index (κ3) is 5.06. The number of aryl methyl sites for hydroxylation is 1. The molecule has 4 rings (SSSR count). The second-order valence-electron chi connectivity index (χ2n) is 8.35. The van der Waals surface area contributed by atoms with Crippen LogP contribution in [0.5, 0.6) is 0 Å². The van der Waals surface area contributed by atoms with Crippen LogP contribution in [0.1, 0.15) is 44.0 Å². The van der Waals surface area contributed by atoms with Crippen LogP contribution in [-0.4, -0.2) is 24.9 Å².